The van der Waals surface area contributed by atoms with Crippen LogP contribution in [0.5, 0.6) is 0 Å². The maximum Gasteiger partial charge on any atom is 0.510 e. The second-order valence-electron chi connectivity index (χ2n) is 30.9. The molecular weight excluding hydrogens is 1910 g/mol. The van der Waals surface area contributed by atoms with Gasteiger partial charge in [-0.3, -0.25) is 27.3 Å². The molecule has 8 aromatic rings. The molecule has 138 heavy (non-hydrogen) atoms. The Morgan fingerprint density at radius 2 is 0.681 bits per heavy atom. The topological polar surface area (TPSA) is 724 Å². The first-order chi connectivity index (χ1) is 65.5. The van der Waals surface area contributed by atoms with Gasteiger partial charge in [0.15, 0.2) is 104 Å². The number of methoxy groups -OCH3 is 2. The highest BCUT2D eigenvalue weighted by molar-refractivity contribution is 7.48. The normalized spacial score (nSPS) is 28.5. The number of carbonyl (C=O) groups is 4. The van der Waals surface area contributed by atoms with E-state index in [1.165, 1.54) is 93.6 Å². The van der Waals surface area contributed by atoms with E-state index >= 15 is 4.39 Å². The molecule has 2 unspecified atom stereocenters. The van der Waals surface area contributed by atoms with Gasteiger partial charge in [-0.05, 0) is 55.4 Å². The number of alkyl halides is 4. The van der Waals surface area contributed by atoms with Gasteiger partial charge in [0, 0.05) is 14.2 Å². The lowest BCUT2D eigenvalue weighted by atomic mass is 9.87. The number of nitrogens with two attached hydrogens (primary N) is 4. The van der Waals surface area contributed by atoms with Gasteiger partial charge in [-0.2, -0.15) is 0 Å². The largest absolute Gasteiger partial charge is 0.510 e. The summed E-state index contributed by atoms with van der Waals surface area (Å²) in [6.07, 6.45) is 12.9. The smallest absolute Gasteiger partial charge is 0.432 e. The molecule has 62 heteroatoms. The van der Waals surface area contributed by atoms with E-state index in [0.717, 1.165) is 17.2 Å². The van der Waals surface area contributed by atoms with Gasteiger partial charge in [0.1, 0.15) is 98.5 Å². The Morgan fingerprint density at radius 3 is 0.957 bits per heavy atom. The van der Waals surface area contributed by atoms with Crippen molar-refractivity contribution in [2.24, 2.45) is 0 Å². The lowest BCUT2D eigenvalue weighted by Gasteiger charge is -2.31. The van der Waals surface area contributed by atoms with Crippen LogP contribution in [0.2, 0.25) is 0 Å². The molecule has 6 aliphatic heterocycles. The van der Waals surface area contributed by atoms with Gasteiger partial charge in [0.05, 0.1) is 76.2 Å². The number of halogens is 4. The predicted octanol–water partition coefficient (Wildman–Crippen LogP) is 1.84. The van der Waals surface area contributed by atoms with Crippen LogP contribution in [0.15, 0.2) is 50.6 Å². The molecule has 18 atom stereocenters. The van der Waals surface area contributed by atoms with Crippen molar-refractivity contribution in [1.29, 1.82) is 0 Å². The SMILES string of the molecule is C#C[C@@]1(O)[C@H](O)[C@@](CF)(COP(=O)(OCOC(=O)OC(C)C)OCOC(=O)OC(C)C)O[C@H]1n1cnc2c(N)ncnc21.C#C[C@@]1(O)[C@H](O)[C@](CO)(CF)O[C@H]1n1cnc2c(N)ncnc21.C#C[C@@]12OC(OC)O[C@@H]1[C@@](CF)(COP(=O)(OCOC(=O)OC(C)C)OCOC(=O)OC(C)C)O[C@H]2n1cnc2c(N)ncnc21.C#C[C@@]12OC(OC)O[C@@H]1[C@](CO)(CF)O[C@H]2n1cnc2c(N)ncnc21. The van der Waals surface area contributed by atoms with Crippen molar-refractivity contribution in [3.63, 3.8) is 0 Å². The maximum atomic E-state index is 15.2. The molecule has 6 fully saturated rings. The molecule has 0 radical (unpaired) electrons. The van der Waals surface area contributed by atoms with Crippen molar-refractivity contribution in [2.75, 3.05) is 117 Å². The van der Waals surface area contributed by atoms with Crippen LogP contribution in [0.25, 0.3) is 44.7 Å². The third kappa shape index (κ3) is 21.1. The molecule has 56 nitrogen and oxygen atoms in total. The van der Waals surface area contributed by atoms with Crippen LogP contribution in [-0.2, 0) is 122 Å². The number of hydrogen-bond acceptors (Lipinski definition) is 52. The first kappa shape index (κ1) is 106. The number of phosphoric acid groups is 2. The molecule has 6 saturated heterocycles. The number of phosphoric ester groups is 2. The predicted molar refractivity (Wildman–Crippen MR) is 446 cm³/mol. The molecule has 14 heterocycles. The number of aliphatic hydroxyl groups is 6. The highest BCUT2D eigenvalue weighted by Crippen LogP contribution is 2.59. The van der Waals surface area contributed by atoms with Crippen molar-refractivity contribution >= 4 is 108 Å². The monoisotopic (exact) mass is 2000 g/mol. The zero-order valence-corrected chi connectivity index (χ0v) is 76.1. The summed E-state index contributed by atoms with van der Waals surface area (Å²) in [7, 11) is -7.19. The number of hydrogen-bond donors (Lipinski definition) is 10. The van der Waals surface area contributed by atoms with E-state index in [1.54, 1.807) is 27.7 Å². The van der Waals surface area contributed by atoms with Crippen LogP contribution in [0, 0.1) is 49.4 Å². The van der Waals surface area contributed by atoms with Crippen LogP contribution >= 0.6 is 15.6 Å². The fraction of sp³-hybridized carbons (Fsp3) is 0.579. The van der Waals surface area contributed by atoms with Crippen molar-refractivity contribution in [3.8, 4) is 49.4 Å². The zero-order chi connectivity index (χ0) is 101. The zero-order valence-electron chi connectivity index (χ0n) is 74.3. The molecule has 14 N–H and O–H groups in total. The number of ether oxygens (including phenoxy) is 18. The standard InChI is InChI=1S/C25H33FN5O14P.C23H31FN5O13P.C15H16FN5O5.C13H14FN5O4/c1-7-25-19(43-23(35-6)45-25)24(8-26,44-20(25)31-11-30-16-17(27)28-10-29-18(16)31)9-38-46(34,39-12-36-21(32)41-14(2)3)40-13-37-22(33)42-15(4)5;1-6-23(33)18(30)22(7-24,42-19(23)29-10-28-15-16(25)26-9-27-17(15)29)8-37-43(34,38-11-35-20(31)40-13(2)3)39-12-36-21(32)41-14(4)5;1-3-15-11(24-13(23-2)26-15)14(4-16,5-22)25-12(15)21-7-20-8-9(17)18-6-19-10(8)21;1-2-13(22)10(21)12(3-14,4-20)23-11(13)19-6-18-7-8(15)16-5-17-9(7)19/h1,10-11,14-15,19-20,23H,8-9,12-13H2,2-6H3,(H2,27,28,29);1,9-10,13-14,18-19,30,33H,7-8,11-12H2,2-5H3,(H2,25,26,27);1,6-7,11-13,22H,4-5H2,2H3,(H2,17,18,19);1,5-6,10-11,20-22H,3-4H2,(H2,15,16,17)/t19-,20-,23?,24-,25-;18-,19-,22-,23-;11-,12-,13?,14-,15-;10-,11-,12-,13-/m1111/s1. The van der Waals surface area contributed by atoms with Gasteiger partial charge < -0.3 is 139 Å². The fourth-order valence-electron chi connectivity index (χ4n) is 14.1. The molecule has 0 aliphatic carbocycles. The first-order valence-corrected chi connectivity index (χ1v) is 43.2. The average molecular weight is 2000 g/mol. The lowest BCUT2D eigenvalue weighted by molar-refractivity contribution is -0.278. The average Bonchev–Trinajstić information content (AvgIpc) is 1.54. The number of nitrogen functional groups attached to an aromatic ring is 4. The van der Waals surface area contributed by atoms with Crippen molar-refractivity contribution in [1.82, 2.24) is 78.1 Å². The Balaban J connectivity index is 0.000000183. The minimum Gasteiger partial charge on any atom is -0.432 e. The fourth-order valence-corrected chi connectivity index (χ4v) is 16.0. The Bertz CT molecular complexity index is 5860. The number of carbonyl (C=O) groups excluding carboxylic acids is 4. The molecule has 0 aromatic carbocycles. The van der Waals surface area contributed by atoms with E-state index in [2.05, 4.69) is 81.1 Å². The van der Waals surface area contributed by atoms with Gasteiger partial charge in [-0.25, -0.2) is 124 Å². The number of rotatable bonds is 34. The highest BCUT2D eigenvalue weighted by Gasteiger charge is 2.74. The van der Waals surface area contributed by atoms with Crippen molar-refractivity contribution < 1.29 is 189 Å². The second-order valence-corrected chi connectivity index (χ2v) is 34.3. The molecule has 8 aromatic heterocycles. The Morgan fingerprint density at radius 1 is 0.413 bits per heavy atom. The van der Waals surface area contributed by atoms with Crippen LogP contribution in [0.4, 0.5) is 60.0 Å². The number of fused-ring (bicyclic) bond motifs is 6. The molecule has 0 saturated carbocycles. The van der Waals surface area contributed by atoms with Gasteiger partial charge in [0.2, 0.25) is 38.4 Å². The minimum absolute atomic E-state index is 0.0159. The van der Waals surface area contributed by atoms with Crippen LogP contribution < -0.4 is 22.9 Å². The van der Waals surface area contributed by atoms with E-state index in [-0.39, 0.29) is 56.8 Å². The second kappa shape index (κ2) is 43.6. The van der Waals surface area contributed by atoms with Crippen LogP contribution in [0.3, 0.4) is 0 Å². The first-order valence-electron chi connectivity index (χ1n) is 40.2. The number of anilines is 4. The maximum absolute atomic E-state index is 15.2. The highest BCUT2D eigenvalue weighted by atomic mass is 31.2. The Hall–Kier alpha value is -12.0. The molecular formula is C76H94F4N20O36P2. The van der Waals surface area contributed by atoms with Gasteiger partial charge >= 0.3 is 40.3 Å². The van der Waals surface area contributed by atoms with E-state index in [4.69, 9.17) is 152 Å². The number of nitrogens with zero attached hydrogens (tertiary/aromatic N) is 16. The van der Waals surface area contributed by atoms with Crippen LogP contribution in [0.1, 0.15) is 80.3 Å². The quantitative estimate of drug-likeness (QED) is 0.00687. The minimum atomic E-state index is -4.92. The summed E-state index contributed by atoms with van der Waals surface area (Å²) in [6, 6.07) is 0. The van der Waals surface area contributed by atoms with Gasteiger partial charge in [-0.1, -0.05) is 23.7 Å². The third-order valence-electron chi connectivity index (χ3n) is 20.6. The summed E-state index contributed by atoms with van der Waals surface area (Å²) in [4.78, 5) is 95.0. The van der Waals surface area contributed by atoms with E-state index < -0.39 is 252 Å². The third-order valence-corrected chi connectivity index (χ3v) is 23.2. The Labute approximate surface area is 776 Å². The summed E-state index contributed by atoms with van der Waals surface area (Å²) in [5.41, 5.74) is 7.81. The molecule has 752 valence electrons. The summed E-state index contributed by atoms with van der Waals surface area (Å²) < 4.78 is 214. The summed E-state index contributed by atoms with van der Waals surface area (Å²) in [6.45, 7) is -3.20. The summed E-state index contributed by atoms with van der Waals surface area (Å²) in [5.74, 6) is 9.21. The van der Waals surface area contributed by atoms with Crippen LogP contribution in [-0.4, -0.2) is 334 Å². The molecule has 0 bridgehead atoms. The molecule has 0 amide bonds. The lowest BCUT2D eigenvalue weighted by Crippen LogP contribution is -2.53. The molecule has 0 spiro atoms. The number of terminal acetylenes is 4. The number of aromatic nitrogens is 16. The van der Waals surface area contributed by atoms with E-state index in [0.29, 0.717) is 11.2 Å². The van der Waals surface area contributed by atoms with Gasteiger partial charge in [-0.15, -0.1) is 25.7 Å². The molecule has 14 rings (SSSR count). The van der Waals surface area contributed by atoms with Gasteiger partial charge in [0.25, 0.3) is 13.0 Å². The van der Waals surface area contributed by atoms with Crippen molar-refractivity contribution in [2.45, 2.75) is 187 Å². The Kier molecular flexibility index (Phi) is 33.6. The summed E-state index contributed by atoms with van der Waals surface area (Å²) >= 11 is 0. The van der Waals surface area contributed by atoms with Crippen molar-refractivity contribution in [3.05, 3.63) is 50.6 Å². The number of aliphatic hydroxyl groups excluding tert-OH is 4. The van der Waals surface area contributed by atoms with E-state index in [9.17, 15) is 72.1 Å². The molecule has 6 aliphatic rings. The number of imidazole rings is 4. The summed E-state index contributed by atoms with van der Waals surface area (Å²) in [5, 5.41) is 62.4. The van der Waals surface area contributed by atoms with E-state index in [1.807, 2.05) is 11.8 Å².